The van der Waals surface area contributed by atoms with Crippen molar-refractivity contribution in [1.82, 2.24) is 0 Å². The first kappa shape index (κ1) is 25.8. The number of allylic oxidation sites excluding steroid dienone is 1. The summed E-state index contributed by atoms with van der Waals surface area (Å²) < 4.78 is 0. The minimum atomic E-state index is -0.536. The number of aliphatic hydroxyl groups is 1. The summed E-state index contributed by atoms with van der Waals surface area (Å²) >= 11 is 0. The molecule has 0 aromatic carbocycles. The fraction of sp³-hybridized carbons (Fsp3) is 0.897. The molecule has 4 unspecified atom stereocenters. The third-order valence-corrected chi connectivity index (χ3v) is 11.1. The average Bonchev–Trinajstić information content (AvgIpc) is 3.05. The number of hydrogen-bond donors (Lipinski definition) is 1. The summed E-state index contributed by atoms with van der Waals surface area (Å²) in [6.45, 7) is 7.59. The van der Waals surface area contributed by atoms with Crippen LogP contribution in [0.2, 0.25) is 0 Å². The Morgan fingerprint density at radius 3 is 2.41 bits per heavy atom. The number of nitrogens with zero attached hydrogens (tertiary/aromatic N) is 3. The summed E-state index contributed by atoms with van der Waals surface area (Å²) in [7, 11) is 0. The summed E-state index contributed by atoms with van der Waals surface area (Å²) in [5.41, 5.74) is 9.52. The number of carbonyl (C=O) groups is 1. The maximum atomic E-state index is 12.4. The molecule has 0 amide bonds. The van der Waals surface area contributed by atoms with Gasteiger partial charge in [-0.25, -0.2) is 0 Å². The van der Waals surface area contributed by atoms with Gasteiger partial charge in [-0.2, -0.15) is 0 Å². The van der Waals surface area contributed by atoms with E-state index < -0.39 is 5.60 Å². The van der Waals surface area contributed by atoms with E-state index in [9.17, 15) is 9.90 Å². The zero-order valence-corrected chi connectivity index (χ0v) is 21.9. The van der Waals surface area contributed by atoms with Gasteiger partial charge in [0, 0.05) is 17.9 Å². The number of carbonyl (C=O) groups excluding carboxylic acids is 1. The van der Waals surface area contributed by atoms with Gasteiger partial charge in [-0.3, -0.25) is 4.79 Å². The molecule has 1 N–H and O–H groups in total. The van der Waals surface area contributed by atoms with Gasteiger partial charge < -0.3 is 5.11 Å². The molecular weight excluding hydrogens is 422 g/mol. The van der Waals surface area contributed by atoms with Gasteiger partial charge in [0.05, 0.1) is 5.60 Å². The summed E-state index contributed by atoms with van der Waals surface area (Å²) in [6, 6.07) is 0. The van der Waals surface area contributed by atoms with Gasteiger partial charge in [0.25, 0.3) is 0 Å². The third-order valence-electron chi connectivity index (χ3n) is 11.1. The topological polar surface area (TPSA) is 86.1 Å². The van der Waals surface area contributed by atoms with Crippen LogP contribution in [0.4, 0.5) is 0 Å². The largest absolute Gasteiger partial charge is 0.390 e. The van der Waals surface area contributed by atoms with Crippen molar-refractivity contribution in [3.63, 3.8) is 0 Å². The van der Waals surface area contributed by atoms with Crippen molar-refractivity contribution in [3.8, 4) is 0 Å². The summed E-state index contributed by atoms with van der Waals surface area (Å²) in [5.74, 6) is 3.00. The van der Waals surface area contributed by atoms with Crippen LogP contribution in [0.3, 0.4) is 0 Å². The monoisotopic (exact) mass is 469 g/mol. The quantitative estimate of drug-likeness (QED) is 0.152. The number of hydrogen-bond acceptors (Lipinski definition) is 3. The zero-order valence-electron chi connectivity index (χ0n) is 21.9. The van der Waals surface area contributed by atoms with Crippen LogP contribution < -0.4 is 0 Å². The Kier molecular flexibility index (Phi) is 7.84. The van der Waals surface area contributed by atoms with Gasteiger partial charge in [-0.05, 0) is 104 Å². The first-order valence-corrected chi connectivity index (χ1v) is 14.2. The molecule has 5 nitrogen and oxygen atoms in total. The number of ketones is 1. The Balaban J connectivity index is 1.40. The number of azide groups is 1. The Bertz CT molecular complexity index is 829. The van der Waals surface area contributed by atoms with Crippen LogP contribution in [0, 0.1) is 34.5 Å². The van der Waals surface area contributed by atoms with E-state index in [0.717, 1.165) is 44.9 Å². The predicted molar refractivity (Wildman–Crippen MR) is 137 cm³/mol. The maximum absolute atomic E-state index is 12.4. The van der Waals surface area contributed by atoms with Gasteiger partial charge >= 0.3 is 0 Å². The first-order chi connectivity index (χ1) is 16.2. The number of rotatable bonds is 10. The van der Waals surface area contributed by atoms with Crippen LogP contribution in [0.1, 0.15) is 117 Å². The fourth-order valence-corrected chi connectivity index (χ4v) is 8.76. The van der Waals surface area contributed by atoms with E-state index in [2.05, 4.69) is 30.8 Å². The van der Waals surface area contributed by atoms with Gasteiger partial charge in [0.15, 0.2) is 5.78 Å². The summed E-state index contributed by atoms with van der Waals surface area (Å²) in [6.07, 6.45) is 19.2. The molecule has 190 valence electrons. The second-order valence-corrected chi connectivity index (χ2v) is 12.8. The third kappa shape index (κ3) is 4.72. The normalized spacial score (nSPS) is 41.2. The van der Waals surface area contributed by atoms with E-state index in [1.807, 2.05) is 6.08 Å². The summed E-state index contributed by atoms with van der Waals surface area (Å²) in [4.78, 5) is 15.2. The number of fused-ring (bicyclic) bond motifs is 5. The lowest BCUT2D eigenvalue weighted by atomic mass is 9.44. The van der Waals surface area contributed by atoms with Crippen molar-refractivity contribution in [2.24, 2.45) is 39.6 Å². The van der Waals surface area contributed by atoms with E-state index in [1.165, 1.54) is 56.9 Å². The lowest BCUT2D eigenvalue weighted by Crippen LogP contribution is -2.56. The van der Waals surface area contributed by atoms with Crippen LogP contribution in [0.25, 0.3) is 10.4 Å². The highest BCUT2D eigenvalue weighted by Crippen LogP contribution is 2.69. The van der Waals surface area contributed by atoms with E-state index in [0.29, 0.717) is 36.0 Å². The Hall–Kier alpha value is -1.32. The lowest BCUT2D eigenvalue weighted by molar-refractivity contribution is -0.135. The van der Waals surface area contributed by atoms with Crippen molar-refractivity contribution >= 4 is 5.78 Å². The molecular formula is C29H47N3O2. The second-order valence-electron chi connectivity index (χ2n) is 12.8. The van der Waals surface area contributed by atoms with Crippen molar-refractivity contribution in [3.05, 3.63) is 22.1 Å². The second kappa shape index (κ2) is 10.3. The van der Waals surface area contributed by atoms with Crippen molar-refractivity contribution in [1.29, 1.82) is 0 Å². The van der Waals surface area contributed by atoms with Gasteiger partial charge in [-0.1, -0.05) is 63.1 Å². The average molecular weight is 470 g/mol. The van der Waals surface area contributed by atoms with Crippen LogP contribution in [-0.2, 0) is 4.79 Å². The molecule has 3 fully saturated rings. The molecule has 3 saturated carbocycles. The van der Waals surface area contributed by atoms with Crippen LogP contribution in [0.5, 0.6) is 0 Å². The Morgan fingerprint density at radius 2 is 1.68 bits per heavy atom. The standard InChI is InChI=1S/C29H47N3O2/c1-27-15-12-23(33)20-22(27)19-21(11-9-7-5-4-6-8-10-18-31-32-30)26-24(27)13-16-28(2)25(26)14-17-29(28,3)34/h20-21,24-26,34H,4-19H2,1-3H3/t21?,24?,25?,26?,27-,28-,29-/m0/s1. The molecule has 4 aliphatic rings. The molecule has 4 rings (SSSR count). The molecule has 0 bridgehead atoms. The van der Waals surface area contributed by atoms with Crippen molar-refractivity contribution < 1.29 is 9.90 Å². The van der Waals surface area contributed by atoms with Gasteiger partial charge in [0.1, 0.15) is 0 Å². The van der Waals surface area contributed by atoms with E-state index >= 15 is 0 Å². The smallest absolute Gasteiger partial charge is 0.155 e. The molecule has 7 atom stereocenters. The molecule has 0 aromatic rings. The SMILES string of the molecule is C[C@]12CCC(=O)C=C1CC(CCCCCCCCCN=[N+]=[N-])C1C2CC[C@@]2(C)C1CC[C@]2(C)O. The number of unbranched alkanes of at least 4 members (excludes halogenated alkanes) is 6. The molecule has 0 aromatic heterocycles. The van der Waals surface area contributed by atoms with Gasteiger partial charge in [0.2, 0.25) is 0 Å². The van der Waals surface area contributed by atoms with Crippen molar-refractivity contribution in [2.75, 3.05) is 6.54 Å². The maximum Gasteiger partial charge on any atom is 0.155 e. The molecule has 0 saturated heterocycles. The van der Waals surface area contributed by atoms with E-state index in [-0.39, 0.29) is 10.8 Å². The molecule has 0 heterocycles. The van der Waals surface area contributed by atoms with Crippen LogP contribution >= 0.6 is 0 Å². The predicted octanol–water partition coefficient (Wildman–Crippen LogP) is 7.93. The molecule has 0 spiro atoms. The highest BCUT2D eigenvalue weighted by atomic mass is 16.3. The van der Waals surface area contributed by atoms with Crippen LogP contribution in [0.15, 0.2) is 16.8 Å². The highest BCUT2D eigenvalue weighted by molar-refractivity contribution is 5.91. The first-order valence-electron chi connectivity index (χ1n) is 14.2. The van der Waals surface area contributed by atoms with E-state index in [1.54, 1.807) is 0 Å². The molecule has 5 heteroatoms. The lowest BCUT2D eigenvalue weighted by Gasteiger charge is -2.61. The Morgan fingerprint density at radius 1 is 1.00 bits per heavy atom. The Labute approximate surface area is 206 Å². The van der Waals surface area contributed by atoms with Crippen LogP contribution in [-0.4, -0.2) is 23.0 Å². The van der Waals surface area contributed by atoms with Gasteiger partial charge in [-0.15, -0.1) is 0 Å². The minimum absolute atomic E-state index is 0.0457. The molecule has 34 heavy (non-hydrogen) atoms. The molecule has 0 aliphatic heterocycles. The fourth-order valence-electron chi connectivity index (χ4n) is 8.76. The summed E-state index contributed by atoms with van der Waals surface area (Å²) in [5, 5.41) is 15.0. The zero-order chi connectivity index (χ0) is 24.4. The molecule has 0 radical (unpaired) electrons. The minimum Gasteiger partial charge on any atom is -0.390 e. The highest BCUT2D eigenvalue weighted by Gasteiger charge is 2.64. The molecule has 4 aliphatic carbocycles. The van der Waals surface area contributed by atoms with Crippen molar-refractivity contribution in [2.45, 2.75) is 123 Å². The van der Waals surface area contributed by atoms with E-state index in [4.69, 9.17) is 5.53 Å².